The van der Waals surface area contributed by atoms with E-state index >= 15 is 0 Å². The normalized spacial score (nSPS) is 22.0. The first-order chi connectivity index (χ1) is 15.9. The molecule has 1 saturated carbocycles. The Hall–Kier alpha value is -2.32. The van der Waals surface area contributed by atoms with Gasteiger partial charge in [0.15, 0.2) is 0 Å². The lowest BCUT2D eigenvalue weighted by Gasteiger charge is -2.17. The van der Waals surface area contributed by atoms with Gasteiger partial charge in [0.1, 0.15) is 5.78 Å². The highest BCUT2D eigenvalue weighted by molar-refractivity contribution is 5.86. The molecule has 1 aromatic rings. The van der Waals surface area contributed by atoms with Crippen molar-refractivity contribution in [3.05, 3.63) is 60.2 Å². The second-order valence-corrected chi connectivity index (χ2v) is 8.63. The van der Waals surface area contributed by atoms with E-state index in [4.69, 9.17) is 10.2 Å². The Kier molecular flexibility index (Phi) is 12.0. The van der Waals surface area contributed by atoms with Gasteiger partial charge in [-0.1, -0.05) is 54.6 Å². The largest absolute Gasteiger partial charge is 0.394 e. The number of hydrogen-bond acceptors (Lipinski definition) is 6. The first kappa shape index (κ1) is 26.9. The van der Waals surface area contributed by atoms with Gasteiger partial charge in [-0.05, 0) is 37.7 Å². The van der Waals surface area contributed by atoms with Crippen molar-refractivity contribution in [1.29, 1.82) is 0 Å². The maximum Gasteiger partial charge on any atom is 0.220 e. The van der Waals surface area contributed by atoms with Crippen molar-refractivity contribution >= 4 is 11.7 Å². The molecule has 33 heavy (non-hydrogen) atoms. The molecule has 0 saturated heterocycles. The maximum absolute atomic E-state index is 12.3. The molecular formula is C26H37NO6. The number of aryl methyl sites for hydroxylation is 1. The van der Waals surface area contributed by atoms with Crippen molar-refractivity contribution in [3.8, 4) is 0 Å². The molecular weight excluding hydrogens is 422 g/mol. The number of aliphatic hydroxyl groups excluding tert-OH is 4. The Morgan fingerprint density at radius 2 is 1.88 bits per heavy atom. The van der Waals surface area contributed by atoms with Gasteiger partial charge in [0.05, 0.1) is 31.5 Å². The Balaban J connectivity index is 1.75. The van der Waals surface area contributed by atoms with Gasteiger partial charge in [0, 0.05) is 24.7 Å². The number of rotatable bonds is 14. The summed E-state index contributed by atoms with van der Waals surface area (Å²) in [7, 11) is 0. The minimum absolute atomic E-state index is 0.00796. The number of aliphatic hydroxyl groups is 4. The zero-order chi connectivity index (χ0) is 24.1. The lowest BCUT2D eigenvalue weighted by molar-refractivity contribution is -0.122. The smallest absolute Gasteiger partial charge is 0.220 e. The molecule has 0 unspecified atom stereocenters. The third-order valence-electron chi connectivity index (χ3n) is 6.01. The number of unbranched alkanes of at least 4 members (excludes halogenated alkanes) is 1. The van der Waals surface area contributed by atoms with Crippen molar-refractivity contribution in [2.75, 3.05) is 13.2 Å². The van der Waals surface area contributed by atoms with E-state index in [9.17, 15) is 19.8 Å². The summed E-state index contributed by atoms with van der Waals surface area (Å²) < 4.78 is 0. The summed E-state index contributed by atoms with van der Waals surface area (Å²) >= 11 is 0. The molecule has 1 aliphatic rings. The van der Waals surface area contributed by atoms with E-state index < -0.39 is 24.2 Å². The molecule has 0 aliphatic heterocycles. The molecule has 1 fully saturated rings. The van der Waals surface area contributed by atoms with Crippen LogP contribution in [0.25, 0.3) is 0 Å². The van der Waals surface area contributed by atoms with E-state index in [-0.39, 0.29) is 43.7 Å². The van der Waals surface area contributed by atoms with E-state index in [1.807, 2.05) is 42.5 Å². The van der Waals surface area contributed by atoms with E-state index in [0.29, 0.717) is 25.7 Å². The van der Waals surface area contributed by atoms with Gasteiger partial charge in [-0.15, -0.1) is 0 Å². The summed E-state index contributed by atoms with van der Waals surface area (Å²) in [5.74, 6) is -0.851. The van der Waals surface area contributed by atoms with Gasteiger partial charge in [0.25, 0.3) is 0 Å². The molecule has 1 amide bonds. The molecule has 1 aromatic carbocycles. The molecule has 2 rings (SSSR count). The number of nitrogens with one attached hydrogen (secondary N) is 1. The highest BCUT2D eigenvalue weighted by Crippen LogP contribution is 2.33. The van der Waals surface area contributed by atoms with Crippen LogP contribution in [0.2, 0.25) is 0 Å². The van der Waals surface area contributed by atoms with Gasteiger partial charge in [-0.25, -0.2) is 0 Å². The summed E-state index contributed by atoms with van der Waals surface area (Å²) in [6.45, 7) is -0.603. The molecule has 182 valence electrons. The number of ketones is 1. The lowest BCUT2D eigenvalue weighted by atomic mass is 9.90. The highest BCUT2D eigenvalue weighted by atomic mass is 16.3. The number of benzene rings is 1. The predicted octanol–water partition coefficient (Wildman–Crippen LogP) is 1.69. The molecule has 1 aliphatic carbocycles. The minimum Gasteiger partial charge on any atom is -0.394 e. The van der Waals surface area contributed by atoms with Gasteiger partial charge < -0.3 is 25.7 Å². The third kappa shape index (κ3) is 9.60. The number of carbonyl (C=O) groups excluding carboxylic acids is 2. The number of allylic oxidation sites excluding steroid dienone is 3. The van der Waals surface area contributed by atoms with Crippen LogP contribution in [-0.2, 0) is 16.0 Å². The molecule has 4 atom stereocenters. The second kappa shape index (κ2) is 14.8. The predicted molar refractivity (Wildman–Crippen MR) is 126 cm³/mol. The van der Waals surface area contributed by atoms with Gasteiger partial charge in [0.2, 0.25) is 5.91 Å². The van der Waals surface area contributed by atoms with Crippen molar-refractivity contribution in [2.24, 2.45) is 11.8 Å². The first-order valence-electron chi connectivity index (χ1n) is 11.7. The molecule has 7 heteroatoms. The molecule has 0 radical (unpaired) electrons. The number of carbonyl (C=O) groups is 2. The van der Waals surface area contributed by atoms with Crippen molar-refractivity contribution in [1.82, 2.24) is 5.32 Å². The summed E-state index contributed by atoms with van der Waals surface area (Å²) in [4.78, 5) is 24.1. The van der Waals surface area contributed by atoms with Crippen LogP contribution in [0, 0.1) is 11.8 Å². The number of amides is 1. The SMILES string of the molecule is O=C(CCCC=CC[C@H]1[C@@H](O)CC(=O)[C@@H]1C=C[C@@H](O)CCc1ccccc1)NC(CO)CO. The fourth-order valence-corrected chi connectivity index (χ4v) is 4.03. The fourth-order valence-electron chi connectivity index (χ4n) is 4.03. The summed E-state index contributed by atoms with van der Waals surface area (Å²) in [5.41, 5.74) is 1.15. The fraction of sp³-hybridized carbons (Fsp3) is 0.538. The van der Waals surface area contributed by atoms with Gasteiger partial charge in [-0.2, -0.15) is 0 Å². The third-order valence-corrected chi connectivity index (χ3v) is 6.01. The van der Waals surface area contributed by atoms with E-state index in [1.165, 1.54) is 0 Å². The Morgan fingerprint density at radius 1 is 1.15 bits per heavy atom. The Morgan fingerprint density at radius 3 is 2.58 bits per heavy atom. The van der Waals surface area contributed by atoms with E-state index in [0.717, 1.165) is 12.0 Å². The van der Waals surface area contributed by atoms with E-state index in [1.54, 1.807) is 12.2 Å². The van der Waals surface area contributed by atoms with Crippen LogP contribution in [0.3, 0.4) is 0 Å². The van der Waals surface area contributed by atoms with Crippen LogP contribution in [0.15, 0.2) is 54.6 Å². The zero-order valence-corrected chi connectivity index (χ0v) is 19.1. The van der Waals surface area contributed by atoms with E-state index in [2.05, 4.69) is 5.32 Å². The molecule has 0 bridgehead atoms. The quantitative estimate of drug-likeness (QED) is 0.213. The Labute approximate surface area is 195 Å². The van der Waals surface area contributed by atoms with Crippen molar-refractivity contribution in [2.45, 2.75) is 63.2 Å². The van der Waals surface area contributed by atoms with Crippen molar-refractivity contribution < 1.29 is 30.0 Å². The zero-order valence-electron chi connectivity index (χ0n) is 19.1. The van der Waals surface area contributed by atoms with Gasteiger partial charge in [-0.3, -0.25) is 9.59 Å². The molecule has 0 spiro atoms. The number of hydrogen-bond donors (Lipinski definition) is 5. The molecule has 0 heterocycles. The monoisotopic (exact) mass is 459 g/mol. The topological polar surface area (TPSA) is 127 Å². The number of Topliss-reactive ketones (excluding diaryl/α,β-unsaturated/α-hetero) is 1. The standard InChI is InChI=1S/C26H37NO6/c28-17-20(18-29)27-26(33)11-7-2-1-6-10-22-23(25(32)16-24(22)31)15-14-21(30)13-12-19-8-4-3-5-9-19/h1,3-6,8-9,14-15,20-24,28-31H,2,7,10-13,16-18H2,(H,27,33)/t21-,22+,23+,24-/m0/s1. The minimum atomic E-state index is -0.696. The molecule has 0 aromatic heterocycles. The summed E-state index contributed by atoms with van der Waals surface area (Å²) in [5, 5.41) is 41.1. The van der Waals surface area contributed by atoms with Crippen LogP contribution < -0.4 is 5.32 Å². The summed E-state index contributed by atoms with van der Waals surface area (Å²) in [6, 6.07) is 9.29. The van der Waals surface area contributed by atoms with Crippen LogP contribution in [0.1, 0.15) is 44.1 Å². The average molecular weight is 460 g/mol. The maximum atomic E-state index is 12.3. The van der Waals surface area contributed by atoms with Crippen molar-refractivity contribution in [3.63, 3.8) is 0 Å². The molecule has 7 nitrogen and oxygen atoms in total. The van der Waals surface area contributed by atoms with Crippen LogP contribution in [-0.4, -0.2) is 63.6 Å². The first-order valence-corrected chi connectivity index (χ1v) is 11.7. The van der Waals surface area contributed by atoms with Crippen LogP contribution >= 0.6 is 0 Å². The molecule has 5 N–H and O–H groups in total. The second-order valence-electron chi connectivity index (χ2n) is 8.63. The van der Waals surface area contributed by atoms with Crippen LogP contribution in [0.5, 0.6) is 0 Å². The lowest BCUT2D eigenvalue weighted by Crippen LogP contribution is -2.39. The summed E-state index contributed by atoms with van der Waals surface area (Å²) in [6.07, 6.45) is 9.52. The average Bonchev–Trinajstić information content (AvgIpc) is 3.09. The van der Waals surface area contributed by atoms with Crippen LogP contribution in [0.4, 0.5) is 0 Å². The van der Waals surface area contributed by atoms with Gasteiger partial charge >= 0.3 is 0 Å². The highest BCUT2D eigenvalue weighted by Gasteiger charge is 2.39. The Bertz CT molecular complexity index is 774.